The van der Waals surface area contributed by atoms with Crippen LogP contribution >= 0.6 is 0 Å². The first-order chi connectivity index (χ1) is 8.70. The lowest BCUT2D eigenvalue weighted by Crippen LogP contribution is -2.45. The Morgan fingerprint density at radius 2 is 1.94 bits per heavy atom. The van der Waals surface area contributed by atoms with Gasteiger partial charge in [0.25, 0.3) is 0 Å². The molecule has 2 saturated heterocycles. The molecule has 2 bridgehead atoms. The Labute approximate surface area is 107 Å². The summed E-state index contributed by atoms with van der Waals surface area (Å²) in [7, 11) is 1.88. The summed E-state index contributed by atoms with van der Waals surface area (Å²) in [5.41, 5.74) is 1.10. The van der Waals surface area contributed by atoms with Gasteiger partial charge in [0, 0.05) is 24.7 Å². The van der Waals surface area contributed by atoms with Crippen molar-refractivity contribution in [3.8, 4) is 0 Å². The maximum absolute atomic E-state index is 9.85. The number of anilines is 2. The van der Waals surface area contributed by atoms with E-state index in [-0.39, 0.29) is 6.10 Å². The van der Waals surface area contributed by atoms with Gasteiger partial charge in [0.05, 0.1) is 6.10 Å². The number of nitrogens with zero attached hydrogens (tertiary/aromatic N) is 3. The molecular weight excluding hydrogens is 228 g/mol. The summed E-state index contributed by atoms with van der Waals surface area (Å²) in [6.45, 7) is 2.06. The fraction of sp³-hybridized carbons (Fsp3) is 0.692. The molecule has 18 heavy (non-hydrogen) atoms. The molecule has 0 amide bonds. The van der Waals surface area contributed by atoms with Gasteiger partial charge in [-0.3, -0.25) is 0 Å². The number of hydrogen-bond acceptors (Lipinski definition) is 5. The summed E-state index contributed by atoms with van der Waals surface area (Å²) in [6, 6.07) is 0.883. The molecule has 2 atom stereocenters. The van der Waals surface area contributed by atoms with Crippen LogP contribution in [0.4, 0.5) is 11.6 Å². The minimum Gasteiger partial charge on any atom is -0.393 e. The van der Waals surface area contributed by atoms with Crippen LogP contribution in [0.3, 0.4) is 0 Å². The van der Waals surface area contributed by atoms with E-state index in [1.165, 1.54) is 12.8 Å². The van der Waals surface area contributed by atoms with E-state index in [0.29, 0.717) is 12.1 Å². The van der Waals surface area contributed by atoms with E-state index >= 15 is 0 Å². The van der Waals surface area contributed by atoms with Gasteiger partial charge in [0.2, 0.25) is 0 Å². The third-order valence-electron chi connectivity index (χ3n) is 4.25. The summed E-state index contributed by atoms with van der Waals surface area (Å²) in [5, 5.41) is 13.0. The Morgan fingerprint density at radius 1 is 1.28 bits per heavy atom. The molecule has 98 valence electrons. The van der Waals surface area contributed by atoms with Crippen molar-refractivity contribution in [1.29, 1.82) is 0 Å². The lowest BCUT2D eigenvalue weighted by molar-refractivity contribution is 0.126. The molecule has 0 radical (unpaired) electrons. The molecule has 5 nitrogen and oxygen atoms in total. The number of fused-ring (bicyclic) bond motifs is 2. The largest absolute Gasteiger partial charge is 0.393 e. The first kappa shape index (κ1) is 11.7. The van der Waals surface area contributed by atoms with Crippen LogP contribution in [0, 0.1) is 6.92 Å². The Hall–Kier alpha value is -1.36. The third-order valence-corrected chi connectivity index (χ3v) is 4.25. The van der Waals surface area contributed by atoms with Gasteiger partial charge in [0.1, 0.15) is 18.0 Å². The van der Waals surface area contributed by atoms with Gasteiger partial charge < -0.3 is 15.3 Å². The van der Waals surface area contributed by atoms with Gasteiger partial charge in [0.15, 0.2) is 0 Å². The first-order valence-corrected chi connectivity index (χ1v) is 6.66. The lowest BCUT2D eigenvalue weighted by Gasteiger charge is -2.38. The summed E-state index contributed by atoms with van der Waals surface area (Å²) in [4.78, 5) is 11.1. The fourth-order valence-corrected chi connectivity index (χ4v) is 3.45. The zero-order valence-corrected chi connectivity index (χ0v) is 10.9. The highest BCUT2D eigenvalue weighted by atomic mass is 16.3. The Balaban J connectivity index is 1.96. The number of aliphatic hydroxyl groups is 1. The molecule has 2 fully saturated rings. The van der Waals surface area contributed by atoms with Crippen molar-refractivity contribution < 1.29 is 5.11 Å². The highest BCUT2D eigenvalue weighted by Gasteiger charge is 2.41. The maximum Gasteiger partial charge on any atom is 0.137 e. The predicted octanol–water partition coefficient (Wildman–Crippen LogP) is 1.32. The number of nitrogens with one attached hydrogen (secondary N) is 1. The Morgan fingerprint density at radius 3 is 2.56 bits per heavy atom. The van der Waals surface area contributed by atoms with Crippen LogP contribution in [0.15, 0.2) is 6.33 Å². The average Bonchev–Trinajstić information content (AvgIpc) is 2.62. The topological polar surface area (TPSA) is 61.3 Å². The average molecular weight is 248 g/mol. The van der Waals surface area contributed by atoms with E-state index in [2.05, 4.69) is 27.1 Å². The van der Waals surface area contributed by atoms with Crippen LogP contribution in [0.5, 0.6) is 0 Å². The van der Waals surface area contributed by atoms with E-state index in [9.17, 15) is 5.11 Å². The monoisotopic (exact) mass is 248 g/mol. The number of hydrogen-bond donors (Lipinski definition) is 2. The molecule has 0 aromatic carbocycles. The van der Waals surface area contributed by atoms with E-state index < -0.39 is 0 Å². The van der Waals surface area contributed by atoms with Gasteiger partial charge in [-0.25, -0.2) is 9.97 Å². The molecule has 2 unspecified atom stereocenters. The van der Waals surface area contributed by atoms with Crippen LogP contribution in [0.25, 0.3) is 0 Å². The normalized spacial score (nSPS) is 30.6. The summed E-state index contributed by atoms with van der Waals surface area (Å²) >= 11 is 0. The standard InChI is InChI=1S/C13H20N4O/c1-8-12(14-2)15-7-16-13(8)17-9-3-4-10(17)6-11(18)5-9/h7,9-11,18H,3-6H2,1-2H3,(H,14,15,16). The van der Waals surface area contributed by atoms with Crippen molar-refractivity contribution in [1.82, 2.24) is 9.97 Å². The van der Waals surface area contributed by atoms with Crippen LogP contribution in [-0.4, -0.2) is 40.3 Å². The fourth-order valence-electron chi connectivity index (χ4n) is 3.45. The van der Waals surface area contributed by atoms with Crippen molar-refractivity contribution >= 4 is 11.6 Å². The zero-order valence-electron chi connectivity index (χ0n) is 10.9. The predicted molar refractivity (Wildman–Crippen MR) is 70.8 cm³/mol. The molecule has 5 heteroatoms. The van der Waals surface area contributed by atoms with E-state index in [0.717, 1.165) is 30.0 Å². The second-order valence-electron chi connectivity index (χ2n) is 5.34. The number of aliphatic hydroxyl groups excluding tert-OH is 1. The van der Waals surface area contributed by atoms with E-state index in [1.807, 2.05) is 7.05 Å². The van der Waals surface area contributed by atoms with Crippen molar-refractivity contribution in [3.63, 3.8) is 0 Å². The van der Waals surface area contributed by atoms with Crippen LogP contribution in [-0.2, 0) is 0 Å². The van der Waals surface area contributed by atoms with Crippen molar-refractivity contribution in [3.05, 3.63) is 11.9 Å². The molecular formula is C13H20N4O. The summed E-state index contributed by atoms with van der Waals surface area (Å²) in [6.07, 6.45) is 5.56. The molecule has 2 aliphatic rings. The van der Waals surface area contributed by atoms with Crippen LogP contribution < -0.4 is 10.2 Å². The highest BCUT2D eigenvalue weighted by Crippen LogP contribution is 2.40. The molecule has 3 heterocycles. The Bertz CT molecular complexity index is 437. The quantitative estimate of drug-likeness (QED) is 0.826. The molecule has 0 spiro atoms. The van der Waals surface area contributed by atoms with Crippen LogP contribution in [0.2, 0.25) is 0 Å². The minimum atomic E-state index is -0.135. The molecule has 1 aromatic heterocycles. The van der Waals surface area contributed by atoms with Crippen molar-refractivity contribution in [2.24, 2.45) is 0 Å². The second-order valence-corrected chi connectivity index (χ2v) is 5.34. The molecule has 1 aromatic rings. The molecule has 0 aliphatic carbocycles. The highest BCUT2D eigenvalue weighted by molar-refractivity contribution is 5.59. The summed E-state index contributed by atoms with van der Waals surface area (Å²) < 4.78 is 0. The lowest BCUT2D eigenvalue weighted by atomic mass is 9.99. The van der Waals surface area contributed by atoms with E-state index in [4.69, 9.17) is 0 Å². The number of aromatic nitrogens is 2. The molecule has 3 rings (SSSR count). The Kier molecular flexibility index (Phi) is 2.86. The van der Waals surface area contributed by atoms with E-state index in [1.54, 1.807) is 6.33 Å². The SMILES string of the molecule is CNc1ncnc(N2C3CCC2CC(O)C3)c1C. The van der Waals surface area contributed by atoms with Gasteiger partial charge in [-0.1, -0.05) is 0 Å². The zero-order chi connectivity index (χ0) is 12.7. The number of piperidine rings is 1. The van der Waals surface area contributed by atoms with Gasteiger partial charge in [-0.05, 0) is 32.6 Å². The van der Waals surface area contributed by atoms with Crippen LogP contribution in [0.1, 0.15) is 31.2 Å². The van der Waals surface area contributed by atoms with Crippen molar-refractivity contribution in [2.45, 2.75) is 50.8 Å². The van der Waals surface area contributed by atoms with Gasteiger partial charge in [-0.15, -0.1) is 0 Å². The van der Waals surface area contributed by atoms with Gasteiger partial charge in [-0.2, -0.15) is 0 Å². The first-order valence-electron chi connectivity index (χ1n) is 6.66. The third kappa shape index (κ3) is 1.73. The molecule has 2 N–H and O–H groups in total. The van der Waals surface area contributed by atoms with Gasteiger partial charge >= 0.3 is 0 Å². The smallest absolute Gasteiger partial charge is 0.137 e. The minimum absolute atomic E-state index is 0.135. The second kappa shape index (κ2) is 4.39. The molecule has 0 saturated carbocycles. The van der Waals surface area contributed by atoms with Crippen molar-refractivity contribution in [2.75, 3.05) is 17.3 Å². The summed E-state index contributed by atoms with van der Waals surface area (Å²) in [5.74, 6) is 1.93. The number of rotatable bonds is 2. The maximum atomic E-state index is 9.85. The molecule has 2 aliphatic heterocycles.